The Labute approximate surface area is 95.9 Å². The number of halogens is 1. The van der Waals surface area contributed by atoms with Gasteiger partial charge in [0.2, 0.25) is 5.15 Å². The van der Waals surface area contributed by atoms with E-state index in [-0.39, 0.29) is 10.8 Å². The molecule has 0 aromatic carbocycles. The van der Waals surface area contributed by atoms with Crippen molar-refractivity contribution < 1.29 is 4.92 Å². The van der Waals surface area contributed by atoms with Crippen molar-refractivity contribution in [2.24, 2.45) is 0 Å². The molecule has 5 nitrogen and oxygen atoms in total. The van der Waals surface area contributed by atoms with E-state index in [0.29, 0.717) is 5.56 Å². The Kier molecular flexibility index (Phi) is 2.78. The van der Waals surface area contributed by atoms with Gasteiger partial charge in [-0.15, -0.1) is 0 Å². The van der Waals surface area contributed by atoms with E-state index in [1.165, 1.54) is 12.3 Å². The van der Waals surface area contributed by atoms with E-state index >= 15 is 0 Å². The lowest BCUT2D eigenvalue weighted by molar-refractivity contribution is -0.385. The van der Waals surface area contributed by atoms with Gasteiger partial charge in [-0.25, -0.2) is 4.98 Å². The summed E-state index contributed by atoms with van der Waals surface area (Å²) in [6, 6.07) is 4.88. The van der Waals surface area contributed by atoms with Crippen LogP contribution in [0.5, 0.6) is 0 Å². The third-order valence-electron chi connectivity index (χ3n) is 2.03. The first-order valence-corrected chi connectivity index (χ1v) is 4.76. The third kappa shape index (κ3) is 1.99. The minimum absolute atomic E-state index is 0.109. The maximum atomic E-state index is 10.7. The molecule has 0 fully saturated rings. The normalized spacial score (nSPS) is 10.1. The maximum absolute atomic E-state index is 10.7. The fourth-order valence-corrected chi connectivity index (χ4v) is 1.44. The van der Waals surface area contributed by atoms with Gasteiger partial charge in [-0.1, -0.05) is 11.6 Å². The fourth-order valence-electron chi connectivity index (χ4n) is 1.27. The zero-order valence-corrected chi connectivity index (χ0v) is 8.76. The molecule has 0 bridgehead atoms. The first kappa shape index (κ1) is 10.5. The van der Waals surface area contributed by atoms with Crippen molar-refractivity contribution in [2.45, 2.75) is 0 Å². The van der Waals surface area contributed by atoms with E-state index in [0.717, 1.165) is 5.56 Å². The molecule has 0 N–H and O–H groups in total. The summed E-state index contributed by atoms with van der Waals surface area (Å²) in [6.45, 7) is 0. The van der Waals surface area contributed by atoms with Crippen molar-refractivity contribution in [1.29, 1.82) is 0 Å². The van der Waals surface area contributed by atoms with Crippen LogP contribution < -0.4 is 0 Å². The Morgan fingerprint density at radius 1 is 1.25 bits per heavy atom. The van der Waals surface area contributed by atoms with Gasteiger partial charge >= 0.3 is 5.69 Å². The minimum atomic E-state index is -0.556. The molecular formula is C10H6ClN3O2. The topological polar surface area (TPSA) is 68.9 Å². The number of hydrogen-bond acceptors (Lipinski definition) is 4. The molecule has 16 heavy (non-hydrogen) atoms. The smallest absolute Gasteiger partial charge is 0.265 e. The molecule has 2 aromatic heterocycles. The second kappa shape index (κ2) is 4.24. The molecular weight excluding hydrogens is 230 g/mol. The average Bonchev–Trinajstić information content (AvgIpc) is 2.30. The van der Waals surface area contributed by atoms with E-state index in [2.05, 4.69) is 9.97 Å². The van der Waals surface area contributed by atoms with Gasteiger partial charge in [-0.3, -0.25) is 15.1 Å². The van der Waals surface area contributed by atoms with Crippen molar-refractivity contribution in [3.63, 3.8) is 0 Å². The second-order valence-electron chi connectivity index (χ2n) is 3.03. The highest BCUT2D eigenvalue weighted by atomic mass is 35.5. The van der Waals surface area contributed by atoms with E-state index in [4.69, 9.17) is 11.6 Å². The van der Waals surface area contributed by atoms with Gasteiger partial charge in [0.25, 0.3) is 0 Å². The molecule has 0 unspecified atom stereocenters. The van der Waals surface area contributed by atoms with Crippen LogP contribution in [0.25, 0.3) is 11.1 Å². The first-order valence-electron chi connectivity index (χ1n) is 4.39. The monoisotopic (exact) mass is 235 g/mol. The summed E-state index contributed by atoms with van der Waals surface area (Å²) in [4.78, 5) is 17.8. The molecule has 0 aliphatic rings. The predicted molar refractivity (Wildman–Crippen MR) is 59.1 cm³/mol. The molecule has 2 heterocycles. The highest BCUT2D eigenvalue weighted by Crippen LogP contribution is 2.27. The summed E-state index contributed by atoms with van der Waals surface area (Å²) in [6.07, 6.45) is 4.70. The van der Waals surface area contributed by atoms with Gasteiger partial charge in [0.1, 0.15) is 0 Å². The van der Waals surface area contributed by atoms with Crippen LogP contribution in [0.1, 0.15) is 0 Å². The Bertz CT molecular complexity index is 531. The van der Waals surface area contributed by atoms with Crippen LogP contribution in [0.15, 0.2) is 36.8 Å². The number of hydrogen-bond donors (Lipinski definition) is 0. The summed E-state index contributed by atoms with van der Waals surface area (Å²) in [5.74, 6) is 0. The van der Waals surface area contributed by atoms with Crippen molar-refractivity contribution in [1.82, 2.24) is 9.97 Å². The van der Waals surface area contributed by atoms with Gasteiger partial charge in [0.05, 0.1) is 4.92 Å². The van der Waals surface area contributed by atoms with Crippen LogP contribution in [0, 0.1) is 10.1 Å². The summed E-state index contributed by atoms with van der Waals surface area (Å²) in [7, 11) is 0. The van der Waals surface area contributed by atoms with Crippen molar-refractivity contribution >= 4 is 17.3 Å². The van der Waals surface area contributed by atoms with Crippen molar-refractivity contribution in [2.75, 3.05) is 0 Å². The zero-order valence-electron chi connectivity index (χ0n) is 8.00. The molecule has 2 aromatic rings. The molecule has 2 rings (SSSR count). The van der Waals surface area contributed by atoms with Gasteiger partial charge in [-0.05, 0) is 17.7 Å². The quantitative estimate of drug-likeness (QED) is 0.456. The van der Waals surface area contributed by atoms with E-state index < -0.39 is 4.92 Å². The van der Waals surface area contributed by atoms with Gasteiger partial charge in [-0.2, -0.15) is 0 Å². The first-order chi connectivity index (χ1) is 7.68. The molecule has 0 saturated heterocycles. The molecule has 0 spiro atoms. The van der Waals surface area contributed by atoms with Crippen LogP contribution in [-0.4, -0.2) is 14.9 Å². The molecule has 0 radical (unpaired) electrons. The molecule has 0 saturated carbocycles. The Morgan fingerprint density at radius 3 is 2.56 bits per heavy atom. The SMILES string of the molecule is O=[N+]([O-])c1cc(-c2ccncc2)cnc1Cl. The second-order valence-corrected chi connectivity index (χ2v) is 3.38. The maximum Gasteiger partial charge on any atom is 0.307 e. The molecule has 0 amide bonds. The highest BCUT2D eigenvalue weighted by Gasteiger charge is 2.14. The summed E-state index contributed by atoms with van der Waals surface area (Å²) < 4.78 is 0. The number of nitrogens with zero attached hydrogens (tertiary/aromatic N) is 3. The molecule has 6 heteroatoms. The highest BCUT2D eigenvalue weighted by molar-refractivity contribution is 6.31. The number of aromatic nitrogens is 2. The summed E-state index contributed by atoms with van der Waals surface area (Å²) >= 11 is 5.61. The molecule has 80 valence electrons. The van der Waals surface area contributed by atoms with Crippen LogP contribution in [0.3, 0.4) is 0 Å². The van der Waals surface area contributed by atoms with E-state index in [9.17, 15) is 10.1 Å². The van der Waals surface area contributed by atoms with Gasteiger partial charge in [0.15, 0.2) is 0 Å². The van der Waals surface area contributed by atoms with Crippen molar-refractivity contribution in [3.8, 4) is 11.1 Å². The lowest BCUT2D eigenvalue weighted by Gasteiger charge is -2.01. The Morgan fingerprint density at radius 2 is 1.94 bits per heavy atom. The summed E-state index contributed by atoms with van der Waals surface area (Å²) in [5.41, 5.74) is 1.25. The number of rotatable bonds is 2. The lowest BCUT2D eigenvalue weighted by atomic mass is 10.1. The van der Waals surface area contributed by atoms with Gasteiger partial charge in [0, 0.05) is 30.2 Å². The Hall–Kier alpha value is -2.01. The zero-order chi connectivity index (χ0) is 11.5. The number of nitro groups is 1. The standard InChI is InChI=1S/C10H6ClN3O2/c11-10-9(14(15)16)5-8(6-13-10)7-1-3-12-4-2-7/h1-6H. The minimum Gasteiger partial charge on any atom is -0.265 e. The predicted octanol–water partition coefficient (Wildman–Crippen LogP) is 2.71. The van der Waals surface area contributed by atoms with Gasteiger partial charge < -0.3 is 0 Å². The van der Waals surface area contributed by atoms with E-state index in [1.54, 1.807) is 24.5 Å². The molecule has 0 atom stereocenters. The van der Waals surface area contributed by atoms with Crippen LogP contribution in [-0.2, 0) is 0 Å². The Balaban J connectivity index is 2.52. The lowest BCUT2D eigenvalue weighted by Crippen LogP contribution is -1.92. The number of pyridine rings is 2. The molecule has 0 aliphatic heterocycles. The summed E-state index contributed by atoms with van der Waals surface area (Å²) in [5, 5.41) is 10.6. The third-order valence-corrected chi connectivity index (χ3v) is 2.32. The van der Waals surface area contributed by atoms with E-state index in [1.807, 2.05) is 0 Å². The van der Waals surface area contributed by atoms with Crippen LogP contribution in [0.2, 0.25) is 5.15 Å². The average molecular weight is 236 g/mol. The van der Waals surface area contributed by atoms with Crippen molar-refractivity contribution in [3.05, 3.63) is 52.1 Å². The largest absolute Gasteiger partial charge is 0.307 e. The molecule has 0 aliphatic carbocycles. The van der Waals surface area contributed by atoms with Crippen LogP contribution >= 0.6 is 11.6 Å². The van der Waals surface area contributed by atoms with Crippen LogP contribution in [0.4, 0.5) is 5.69 Å². The fraction of sp³-hybridized carbons (Fsp3) is 0.